The van der Waals surface area contributed by atoms with Gasteiger partial charge in [0, 0.05) is 12.2 Å². The van der Waals surface area contributed by atoms with Gasteiger partial charge in [0.05, 0.1) is 31.7 Å². The monoisotopic (exact) mass is 547 g/mol. The predicted octanol–water partition coefficient (Wildman–Crippen LogP) is 2.25. The summed E-state index contributed by atoms with van der Waals surface area (Å²) in [7, 11) is -3.64. The van der Waals surface area contributed by atoms with Crippen molar-refractivity contribution in [2.75, 3.05) is 25.5 Å². The number of carbonyl (C=O) groups excluding carboxylic acids is 1. The average Bonchev–Trinajstić information content (AvgIpc) is 3.20. The van der Waals surface area contributed by atoms with Crippen LogP contribution in [-0.2, 0) is 44.0 Å². The van der Waals surface area contributed by atoms with Crippen LogP contribution in [0, 0.1) is 0 Å². The number of carboxylic acids is 2. The summed E-state index contributed by atoms with van der Waals surface area (Å²) in [5.41, 5.74) is 6.83. The number of anilines is 1. The van der Waals surface area contributed by atoms with Gasteiger partial charge in [0.15, 0.2) is 11.5 Å². The molecule has 0 aliphatic carbocycles. The summed E-state index contributed by atoms with van der Waals surface area (Å²) >= 11 is 0. The maximum atomic E-state index is 12.7. The van der Waals surface area contributed by atoms with Crippen molar-refractivity contribution in [2.45, 2.75) is 46.4 Å². The second-order valence-corrected chi connectivity index (χ2v) is 9.28. The minimum absolute atomic E-state index is 0.133. The summed E-state index contributed by atoms with van der Waals surface area (Å²) in [6.45, 7) is 6.71. The smallest absolute Gasteiger partial charge is 0.478 e. The van der Waals surface area contributed by atoms with Gasteiger partial charge in [-0.3, -0.25) is 9.09 Å². The van der Waals surface area contributed by atoms with Gasteiger partial charge in [-0.15, -0.1) is 0 Å². The third kappa shape index (κ3) is 12.3. The second-order valence-electron chi connectivity index (χ2n) is 7.28. The number of carboxylic acid groups (broad SMARTS) is 2. The summed E-state index contributed by atoms with van der Waals surface area (Å²) in [5, 5.41) is 15.6. The SMILES string of the molecule is CCOP(=O)(CO[C@H](C)Cn1cnc2c(N)ncnc21)OCOC(=O)OC(C)C.O=C(O)/C=C/C(=O)O. The molecule has 16 nitrogen and oxygen atoms in total. The van der Waals surface area contributed by atoms with E-state index in [1.54, 1.807) is 38.6 Å². The fourth-order valence-corrected chi connectivity index (χ4v) is 3.68. The fourth-order valence-electron chi connectivity index (χ4n) is 2.41. The Bertz CT molecular complexity index is 1110. The van der Waals surface area contributed by atoms with E-state index in [-0.39, 0.29) is 31.0 Å². The molecule has 17 heteroatoms. The van der Waals surface area contributed by atoms with Crippen molar-refractivity contribution >= 4 is 42.7 Å². The summed E-state index contributed by atoms with van der Waals surface area (Å²) in [6, 6.07) is 0. The van der Waals surface area contributed by atoms with Gasteiger partial charge in [-0.05, 0) is 27.7 Å². The molecule has 0 amide bonds. The largest absolute Gasteiger partial charge is 0.510 e. The van der Waals surface area contributed by atoms with E-state index in [0.29, 0.717) is 29.9 Å². The zero-order chi connectivity index (χ0) is 28.0. The lowest BCUT2D eigenvalue weighted by Crippen LogP contribution is -2.19. The van der Waals surface area contributed by atoms with Crippen molar-refractivity contribution in [3.05, 3.63) is 24.8 Å². The lowest BCUT2D eigenvalue weighted by molar-refractivity contribution is -0.134. The van der Waals surface area contributed by atoms with Gasteiger partial charge in [-0.2, -0.15) is 0 Å². The zero-order valence-electron chi connectivity index (χ0n) is 20.7. The third-order valence-electron chi connectivity index (χ3n) is 3.85. The van der Waals surface area contributed by atoms with Gasteiger partial charge in [0.2, 0.25) is 6.79 Å². The number of nitrogen functional groups attached to an aromatic ring is 1. The van der Waals surface area contributed by atoms with Crippen LogP contribution < -0.4 is 5.73 Å². The van der Waals surface area contributed by atoms with Crippen LogP contribution in [0.5, 0.6) is 0 Å². The van der Waals surface area contributed by atoms with Crippen LogP contribution in [0.2, 0.25) is 0 Å². The second kappa shape index (κ2) is 15.5. The van der Waals surface area contributed by atoms with E-state index >= 15 is 0 Å². The molecule has 2 rings (SSSR count). The molecule has 2 aromatic heterocycles. The Kier molecular flexibility index (Phi) is 13.2. The Balaban J connectivity index is 0.000000738. The summed E-state index contributed by atoms with van der Waals surface area (Å²) < 4.78 is 39.9. The van der Waals surface area contributed by atoms with Crippen molar-refractivity contribution in [2.24, 2.45) is 0 Å². The molecule has 0 spiro atoms. The Morgan fingerprint density at radius 3 is 2.32 bits per heavy atom. The molecule has 2 aromatic rings. The first-order chi connectivity index (χ1) is 17.4. The number of aliphatic carboxylic acids is 2. The van der Waals surface area contributed by atoms with Gasteiger partial charge in [0.1, 0.15) is 18.2 Å². The first-order valence-corrected chi connectivity index (χ1v) is 12.5. The Labute approximate surface area is 211 Å². The van der Waals surface area contributed by atoms with Gasteiger partial charge in [-0.25, -0.2) is 29.3 Å². The number of hydrogen-bond acceptors (Lipinski definition) is 13. The number of carbonyl (C=O) groups is 3. The lowest BCUT2D eigenvalue weighted by atomic mass is 10.4. The van der Waals surface area contributed by atoms with E-state index in [2.05, 4.69) is 15.0 Å². The van der Waals surface area contributed by atoms with Crippen LogP contribution in [0.1, 0.15) is 27.7 Å². The highest BCUT2D eigenvalue weighted by Crippen LogP contribution is 2.48. The number of imidazole rings is 1. The molecule has 2 heterocycles. The summed E-state index contributed by atoms with van der Waals surface area (Å²) in [6.07, 6.45) is 2.06. The fraction of sp³-hybridized carbons (Fsp3) is 0.500. The zero-order valence-corrected chi connectivity index (χ0v) is 21.6. The average molecular weight is 547 g/mol. The van der Waals surface area contributed by atoms with Gasteiger partial charge >= 0.3 is 25.7 Å². The Hall–Kier alpha value is -3.59. The van der Waals surface area contributed by atoms with E-state index in [1.807, 2.05) is 0 Å². The van der Waals surface area contributed by atoms with E-state index in [0.717, 1.165) is 0 Å². The maximum absolute atomic E-state index is 12.7. The molecule has 37 heavy (non-hydrogen) atoms. The number of ether oxygens (including phenoxy) is 3. The molecule has 0 radical (unpaired) electrons. The summed E-state index contributed by atoms with van der Waals surface area (Å²) in [5.74, 6) is -2.23. The van der Waals surface area contributed by atoms with Crippen molar-refractivity contribution in [1.82, 2.24) is 19.5 Å². The number of nitrogens with zero attached hydrogens (tertiary/aromatic N) is 4. The number of fused-ring (bicyclic) bond motifs is 1. The molecule has 0 aliphatic rings. The van der Waals surface area contributed by atoms with E-state index in [9.17, 15) is 18.9 Å². The molecule has 0 aliphatic heterocycles. The lowest BCUT2D eigenvalue weighted by Gasteiger charge is -2.20. The van der Waals surface area contributed by atoms with E-state index in [1.165, 1.54) is 6.33 Å². The molecule has 206 valence electrons. The molecule has 0 saturated heterocycles. The Morgan fingerprint density at radius 2 is 1.76 bits per heavy atom. The molecule has 0 bridgehead atoms. The standard InChI is InChI=1S/C16H26N5O7P.C4H4O4/c1-5-26-29(23,27-9-24-16(22)28-11(2)3)10-25-12(4)6-21-8-20-13-14(17)18-7-19-15(13)21;5-3(6)1-2-4(7)8/h7-8,11-12H,5-6,9-10H2,1-4H3,(H2,17,18,19);1-2H,(H,5,6)(H,7,8)/b;2-1+/t12-,29?;/m1./s1. The number of rotatable bonds is 13. The molecule has 0 aromatic carbocycles. The number of hydrogen-bond donors (Lipinski definition) is 3. The highest BCUT2D eigenvalue weighted by atomic mass is 31.2. The minimum atomic E-state index is -3.64. The van der Waals surface area contributed by atoms with Gasteiger partial charge in [0.25, 0.3) is 0 Å². The minimum Gasteiger partial charge on any atom is -0.478 e. The van der Waals surface area contributed by atoms with E-state index < -0.39 is 32.5 Å². The first kappa shape index (κ1) is 31.4. The van der Waals surface area contributed by atoms with Crippen LogP contribution in [-0.4, -0.2) is 79.8 Å². The van der Waals surface area contributed by atoms with E-state index in [4.69, 9.17) is 39.2 Å². The normalized spacial score (nSPS) is 13.5. The maximum Gasteiger partial charge on any atom is 0.510 e. The quantitative estimate of drug-likeness (QED) is 0.141. The van der Waals surface area contributed by atoms with Crippen molar-refractivity contribution < 1.29 is 52.4 Å². The van der Waals surface area contributed by atoms with Crippen LogP contribution in [0.3, 0.4) is 0 Å². The Morgan fingerprint density at radius 1 is 1.11 bits per heavy atom. The molecular weight excluding hydrogens is 517 g/mol. The van der Waals surface area contributed by atoms with Crippen LogP contribution in [0.4, 0.5) is 10.6 Å². The van der Waals surface area contributed by atoms with Crippen LogP contribution in [0.15, 0.2) is 24.8 Å². The number of nitrogens with two attached hydrogens (primary N) is 1. The van der Waals surface area contributed by atoms with Crippen LogP contribution in [0.25, 0.3) is 11.2 Å². The van der Waals surface area contributed by atoms with Crippen LogP contribution >= 0.6 is 7.60 Å². The summed E-state index contributed by atoms with van der Waals surface area (Å²) in [4.78, 5) is 42.7. The molecule has 4 N–H and O–H groups in total. The van der Waals surface area contributed by atoms with Crippen molar-refractivity contribution in [3.63, 3.8) is 0 Å². The number of aromatic nitrogens is 4. The van der Waals surface area contributed by atoms with Crippen molar-refractivity contribution in [3.8, 4) is 0 Å². The third-order valence-corrected chi connectivity index (χ3v) is 5.47. The first-order valence-electron chi connectivity index (χ1n) is 10.7. The molecule has 1 unspecified atom stereocenters. The highest BCUT2D eigenvalue weighted by Gasteiger charge is 2.27. The highest BCUT2D eigenvalue weighted by molar-refractivity contribution is 7.53. The molecule has 2 atom stereocenters. The molecule has 0 fully saturated rings. The molecular formula is C20H30N5O11P. The predicted molar refractivity (Wildman–Crippen MR) is 127 cm³/mol. The molecule has 0 saturated carbocycles. The topological polar surface area (TPSA) is 225 Å². The van der Waals surface area contributed by atoms with Gasteiger partial charge in [-0.1, -0.05) is 0 Å². The van der Waals surface area contributed by atoms with Crippen molar-refractivity contribution in [1.29, 1.82) is 0 Å². The van der Waals surface area contributed by atoms with Gasteiger partial charge < -0.3 is 39.2 Å².